The van der Waals surface area contributed by atoms with Gasteiger partial charge in [-0.05, 0) is 53.7 Å². The Morgan fingerprint density at radius 1 is 1.11 bits per heavy atom. The Balaban J connectivity index is 1.70. The van der Waals surface area contributed by atoms with Gasteiger partial charge in [-0.25, -0.2) is 4.39 Å². The molecule has 2 aromatic rings. The lowest BCUT2D eigenvalue weighted by Crippen LogP contribution is -2.53. The van der Waals surface area contributed by atoms with Gasteiger partial charge < -0.3 is 4.74 Å². The molecule has 1 aliphatic heterocycles. The van der Waals surface area contributed by atoms with Crippen LogP contribution in [-0.2, 0) is 16.2 Å². The molecule has 0 aromatic heterocycles. The minimum absolute atomic E-state index is 0.00423. The zero-order chi connectivity index (χ0) is 20.1. The van der Waals surface area contributed by atoms with Gasteiger partial charge in [-0.2, -0.15) is 0 Å². The van der Waals surface area contributed by atoms with E-state index in [0.29, 0.717) is 17.9 Å². The van der Waals surface area contributed by atoms with Gasteiger partial charge in [0.05, 0.1) is 0 Å². The standard InChI is InChI=1S/C21H17FN2O3S/c1-2-11-24-20(26)18(19(25)23-21(24)28)12-14-5-9-17(10-6-14)27-13-15-3-7-16(22)8-4-15/h2-10,12H,1,11,13H2,(H,23,25,28). The fourth-order valence-electron chi connectivity index (χ4n) is 2.56. The molecule has 0 aliphatic carbocycles. The van der Waals surface area contributed by atoms with Crippen LogP contribution >= 0.6 is 12.2 Å². The number of nitrogens with zero attached hydrogens (tertiary/aromatic N) is 1. The summed E-state index contributed by atoms with van der Waals surface area (Å²) < 4.78 is 18.6. The number of carbonyl (C=O) groups is 2. The van der Waals surface area contributed by atoms with E-state index in [-0.39, 0.29) is 23.0 Å². The molecule has 142 valence electrons. The summed E-state index contributed by atoms with van der Waals surface area (Å²) in [5, 5.41) is 2.57. The molecule has 0 unspecified atom stereocenters. The number of ether oxygens (including phenoxy) is 1. The highest BCUT2D eigenvalue weighted by Gasteiger charge is 2.32. The molecule has 1 heterocycles. The van der Waals surface area contributed by atoms with Crippen molar-refractivity contribution in [3.63, 3.8) is 0 Å². The zero-order valence-corrected chi connectivity index (χ0v) is 15.7. The van der Waals surface area contributed by atoms with E-state index in [4.69, 9.17) is 17.0 Å². The number of benzene rings is 2. The molecule has 5 nitrogen and oxygen atoms in total. The first-order valence-corrected chi connectivity index (χ1v) is 8.86. The number of amides is 2. The van der Waals surface area contributed by atoms with E-state index < -0.39 is 11.8 Å². The van der Waals surface area contributed by atoms with Crippen molar-refractivity contribution in [2.24, 2.45) is 0 Å². The van der Waals surface area contributed by atoms with Crippen molar-refractivity contribution < 1.29 is 18.7 Å². The molecule has 7 heteroatoms. The normalized spacial score (nSPS) is 15.5. The summed E-state index contributed by atoms with van der Waals surface area (Å²) in [5.74, 6) is -0.688. The summed E-state index contributed by atoms with van der Waals surface area (Å²) in [6.45, 7) is 4.10. The van der Waals surface area contributed by atoms with Crippen molar-refractivity contribution >= 4 is 35.2 Å². The van der Waals surface area contributed by atoms with Gasteiger partial charge in [-0.15, -0.1) is 6.58 Å². The van der Waals surface area contributed by atoms with Crippen molar-refractivity contribution in [2.45, 2.75) is 6.61 Å². The summed E-state index contributed by atoms with van der Waals surface area (Å²) in [4.78, 5) is 25.9. The first-order valence-electron chi connectivity index (χ1n) is 8.45. The summed E-state index contributed by atoms with van der Waals surface area (Å²) >= 11 is 5.02. The van der Waals surface area contributed by atoms with Crippen LogP contribution in [0.1, 0.15) is 11.1 Å². The van der Waals surface area contributed by atoms with Crippen molar-refractivity contribution in [3.8, 4) is 5.75 Å². The predicted molar refractivity (Wildman–Crippen MR) is 108 cm³/mol. The molecule has 1 fully saturated rings. The SMILES string of the molecule is C=CCN1C(=O)C(=Cc2ccc(OCc3ccc(F)cc3)cc2)C(=O)NC1=S. The fourth-order valence-corrected chi connectivity index (χ4v) is 2.81. The Morgan fingerprint density at radius 3 is 2.43 bits per heavy atom. The van der Waals surface area contributed by atoms with Crippen molar-refractivity contribution in [1.29, 1.82) is 0 Å². The van der Waals surface area contributed by atoms with Gasteiger partial charge in [-0.3, -0.25) is 19.8 Å². The van der Waals surface area contributed by atoms with Crippen LogP contribution < -0.4 is 10.1 Å². The smallest absolute Gasteiger partial charge is 0.265 e. The predicted octanol–water partition coefficient (Wildman–Crippen LogP) is 3.22. The highest BCUT2D eigenvalue weighted by atomic mass is 32.1. The van der Waals surface area contributed by atoms with Crippen LogP contribution in [-0.4, -0.2) is 28.4 Å². The van der Waals surface area contributed by atoms with Gasteiger partial charge in [0.25, 0.3) is 11.8 Å². The summed E-state index contributed by atoms with van der Waals surface area (Å²) in [6.07, 6.45) is 3.03. The van der Waals surface area contributed by atoms with Crippen LogP contribution in [0.3, 0.4) is 0 Å². The Hall–Kier alpha value is -3.32. The largest absolute Gasteiger partial charge is 0.489 e. The summed E-state index contributed by atoms with van der Waals surface area (Å²) in [5.41, 5.74) is 1.50. The lowest BCUT2D eigenvalue weighted by Gasteiger charge is -2.27. The maximum atomic E-state index is 12.9. The quantitative estimate of drug-likeness (QED) is 0.353. The Kier molecular flexibility index (Phi) is 5.96. The van der Waals surface area contributed by atoms with E-state index in [9.17, 15) is 14.0 Å². The first kappa shape index (κ1) is 19.4. The molecule has 3 rings (SSSR count). The number of nitrogens with one attached hydrogen (secondary N) is 1. The average molecular weight is 396 g/mol. The third-order valence-electron chi connectivity index (χ3n) is 4.01. The molecular formula is C21H17FN2O3S. The number of carbonyl (C=O) groups excluding carboxylic acids is 2. The number of rotatable bonds is 6. The molecule has 0 atom stereocenters. The molecule has 2 aromatic carbocycles. The zero-order valence-electron chi connectivity index (χ0n) is 14.9. The van der Waals surface area contributed by atoms with Crippen LogP contribution in [0.4, 0.5) is 4.39 Å². The lowest BCUT2D eigenvalue weighted by atomic mass is 10.1. The fraction of sp³-hybridized carbons (Fsp3) is 0.0952. The van der Waals surface area contributed by atoms with Gasteiger partial charge in [0, 0.05) is 6.54 Å². The third kappa shape index (κ3) is 4.50. The van der Waals surface area contributed by atoms with Crippen molar-refractivity contribution in [2.75, 3.05) is 6.54 Å². The number of halogens is 1. The second-order valence-corrected chi connectivity index (χ2v) is 6.39. The molecule has 0 spiro atoms. The van der Waals surface area contributed by atoms with E-state index in [1.807, 2.05) is 0 Å². The topological polar surface area (TPSA) is 58.6 Å². The number of hydrogen-bond acceptors (Lipinski definition) is 4. The summed E-state index contributed by atoms with van der Waals surface area (Å²) in [7, 11) is 0. The molecular weight excluding hydrogens is 379 g/mol. The maximum Gasteiger partial charge on any atom is 0.265 e. The van der Waals surface area contributed by atoms with E-state index in [1.54, 1.807) is 36.4 Å². The van der Waals surface area contributed by atoms with E-state index in [0.717, 1.165) is 5.56 Å². The van der Waals surface area contributed by atoms with Crippen LogP contribution in [0.5, 0.6) is 5.75 Å². The molecule has 1 saturated heterocycles. The first-order chi connectivity index (χ1) is 13.5. The van der Waals surface area contributed by atoms with Gasteiger partial charge in [-0.1, -0.05) is 30.3 Å². The Bertz CT molecular complexity index is 953. The van der Waals surface area contributed by atoms with E-state index in [2.05, 4.69) is 11.9 Å². The van der Waals surface area contributed by atoms with Crippen LogP contribution in [0.2, 0.25) is 0 Å². The average Bonchev–Trinajstić information content (AvgIpc) is 2.69. The third-order valence-corrected chi connectivity index (χ3v) is 4.33. The van der Waals surface area contributed by atoms with E-state index in [1.165, 1.54) is 29.2 Å². The van der Waals surface area contributed by atoms with Crippen molar-refractivity contribution in [1.82, 2.24) is 10.2 Å². The molecule has 0 radical (unpaired) electrons. The molecule has 28 heavy (non-hydrogen) atoms. The molecule has 2 amide bonds. The molecule has 1 aliphatic rings. The summed E-state index contributed by atoms with van der Waals surface area (Å²) in [6, 6.07) is 13.0. The van der Waals surface area contributed by atoms with Crippen LogP contribution in [0.15, 0.2) is 66.8 Å². The van der Waals surface area contributed by atoms with Crippen molar-refractivity contribution in [3.05, 3.63) is 83.7 Å². The van der Waals surface area contributed by atoms with Crippen LogP contribution in [0.25, 0.3) is 6.08 Å². The second-order valence-electron chi connectivity index (χ2n) is 6.01. The minimum atomic E-state index is -0.535. The van der Waals surface area contributed by atoms with Gasteiger partial charge in [0.2, 0.25) is 0 Å². The highest BCUT2D eigenvalue weighted by molar-refractivity contribution is 7.80. The molecule has 1 N–H and O–H groups in total. The Labute approximate surface area is 167 Å². The maximum absolute atomic E-state index is 12.9. The Morgan fingerprint density at radius 2 is 1.79 bits per heavy atom. The van der Waals surface area contributed by atoms with Gasteiger partial charge >= 0.3 is 0 Å². The van der Waals surface area contributed by atoms with E-state index >= 15 is 0 Å². The minimum Gasteiger partial charge on any atom is -0.489 e. The lowest BCUT2D eigenvalue weighted by molar-refractivity contribution is -0.128. The van der Waals surface area contributed by atoms with Gasteiger partial charge in [0.1, 0.15) is 23.7 Å². The molecule has 0 bridgehead atoms. The monoisotopic (exact) mass is 396 g/mol. The van der Waals surface area contributed by atoms with Gasteiger partial charge in [0.15, 0.2) is 5.11 Å². The second kappa shape index (κ2) is 8.58. The number of thiocarbonyl (C=S) groups is 1. The van der Waals surface area contributed by atoms with Crippen LogP contribution in [0, 0.1) is 5.82 Å². The highest BCUT2D eigenvalue weighted by Crippen LogP contribution is 2.18. The number of hydrogen-bond donors (Lipinski definition) is 1. The molecule has 0 saturated carbocycles.